The second-order valence-corrected chi connectivity index (χ2v) is 6.93. The van der Waals surface area contributed by atoms with Gasteiger partial charge >= 0.3 is 12.0 Å². The molecule has 9 nitrogen and oxygen atoms in total. The minimum atomic E-state index is -0.952. The number of rotatable bonds is 8. The monoisotopic (exact) mass is 431 g/mol. The van der Waals surface area contributed by atoms with E-state index in [2.05, 4.69) is 20.8 Å². The Balaban J connectivity index is 1.52. The normalized spacial score (nSPS) is 10.6. The summed E-state index contributed by atoms with van der Waals surface area (Å²) >= 11 is 0. The lowest BCUT2D eigenvalue weighted by Gasteiger charge is -2.14. The Morgan fingerprint density at radius 1 is 1.06 bits per heavy atom. The highest BCUT2D eigenvalue weighted by Gasteiger charge is 2.15. The lowest BCUT2D eigenvalue weighted by Crippen LogP contribution is -2.06. The van der Waals surface area contributed by atoms with Crippen molar-refractivity contribution in [3.05, 3.63) is 83.4 Å². The number of carboxylic acid groups (broad SMARTS) is 1. The summed E-state index contributed by atoms with van der Waals surface area (Å²) < 4.78 is 12.9. The van der Waals surface area contributed by atoms with Crippen molar-refractivity contribution in [1.82, 2.24) is 20.2 Å². The number of methoxy groups -OCH3 is 1. The van der Waals surface area contributed by atoms with E-state index in [1.54, 1.807) is 32.2 Å². The molecule has 0 atom stereocenters. The number of nitrogens with one attached hydrogen (secondary N) is 1. The average molecular weight is 431 g/mol. The molecule has 0 spiro atoms. The van der Waals surface area contributed by atoms with Gasteiger partial charge in [0.1, 0.15) is 0 Å². The van der Waals surface area contributed by atoms with Gasteiger partial charge in [0.05, 0.1) is 18.4 Å². The summed E-state index contributed by atoms with van der Waals surface area (Å²) in [7, 11) is 1.56. The Morgan fingerprint density at radius 3 is 2.62 bits per heavy atom. The van der Waals surface area contributed by atoms with Crippen LogP contribution >= 0.6 is 0 Å². The molecule has 0 aliphatic carbocycles. The molecule has 2 N–H and O–H groups in total. The third-order valence-electron chi connectivity index (χ3n) is 4.92. The van der Waals surface area contributed by atoms with Crippen molar-refractivity contribution in [3.63, 3.8) is 0 Å². The predicted octanol–water partition coefficient (Wildman–Crippen LogP) is 4.08. The van der Waals surface area contributed by atoms with Gasteiger partial charge in [-0.15, -0.1) is 0 Å². The zero-order valence-electron chi connectivity index (χ0n) is 17.5. The van der Waals surface area contributed by atoms with Gasteiger partial charge in [0.25, 0.3) is 0 Å². The number of para-hydroxylation sites is 1. The number of nitrogens with zero attached hydrogens (tertiary/aromatic N) is 4. The van der Waals surface area contributed by atoms with Crippen LogP contribution in [0.15, 0.2) is 66.7 Å². The molecule has 3 aromatic carbocycles. The molecule has 1 aromatic heterocycles. The topological polar surface area (TPSA) is 111 Å². The minimum Gasteiger partial charge on any atom is -0.493 e. The molecule has 0 saturated heterocycles. The zero-order chi connectivity index (χ0) is 22.5. The van der Waals surface area contributed by atoms with Crippen LogP contribution in [-0.4, -0.2) is 38.4 Å². The van der Waals surface area contributed by atoms with Crippen molar-refractivity contribution >= 4 is 11.7 Å². The quantitative estimate of drug-likeness (QED) is 0.429. The van der Waals surface area contributed by atoms with Crippen molar-refractivity contribution < 1.29 is 19.4 Å². The summed E-state index contributed by atoms with van der Waals surface area (Å²) in [5.74, 6) is 0.0300. The largest absolute Gasteiger partial charge is 0.493 e. The number of carboxylic acids is 1. The third kappa shape index (κ3) is 4.36. The molecule has 0 saturated carbocycles. The number of carbonyl (C=O) groups is 1. The smallest absolute Gasteiger partial charge is 0.346 e. The van der Waals surface area contributed by atoms with Crippen molar-refractivity contribution in [2.75, 3.05) is 12.4 Å². The van der Waals surface area contributed by atoms with E-state index in [1.807, 2.05) is 48.5 Å². The summed E-state index contributed by atoms with van der Waals surface area (Å²) in [6.07, 6.45) is 0. The first-order valence-electron chi connectivity index (χ1n) is 9.82. The van der Waals surface area contributed by atoms with Crippen molar-refractivity contribution in [2.45, 2.75) is 13.5 Å². The van der Waals surface area contributed by atoms with Gasteiger partial charge in [-0.05, 0) is 64.9 Å². The van der Waals surface area contributed by atoms with Crippen LogP contribution in [0.4, 0.5) is 5.69 Å². The maximum atomic E-state index is 11.3. The summed E-state index contributed by atoms with van der Waals surface area (Å²) in [5.41, 5.74) is 3.40. The molecule has 32 heavy (non-hydrogen) atoms. The van der Waals surface area contributed by atoms with Crippen LogP contribution in [0.5, 0.6) is 17.5 Å². The molecule has 0 aliphatic heterocycles. The summed E-state index contributed by atoms with van der Waals surface area (Å²) in [6, 6.07) is 20.3. The number of hydrogen-bond acceptors (Lipinski definition) is 7. The molecule has 1 heterocycles. The summed E-state index contributed by atoms with van der Waals surface area (Å²) in [5, 5.41) is 24.2. The van der Waals surface area contributed by atoms with E-state index in [1.165, 1.54) is 4.68 Å². The molecule has 0 fully saturated rings. The number of ether oxygens (including phenoxy) is 2. The number of benzene rings is 3. The van der Waals surface area contributed by atoms with Gasteiger partial charge in [-0.25, -0.2) is 4.79 Å². The summed E-state index contributed by atoms with van der Waals surface area (Å²) in [6.45, 7) is 2.25. The van der Waals surface area contributed by atoms with Crippen LogP contribution in [0, 0.1) is 6.92 Å². The van der Waals surface area contributed by atoms with Crippen LogP contribution in [0.2, 0.25) is 0 Å². The molecule has 4 rings (SSSR count). The first kappa shape index (κ1) is 20.9. The van der Waals surface area contributed by atoms with E-state index in [0.717, 1.165) is 16.9 Å². The van der Waals surface area contributed by atoms with Gasteiger partial charge in [0, 0.05) is 12.2 Å². The lowest BCUT2D eigenvalue weighted by molar-refractivity contribution is 0.0696. The number of anilines is 1. The minimum absolute atomic E-state index is 0.210. The van der Waals surface area contributed by atoms with E-state index >= 15 is 0 Å². The zero-order valence-corrected chi connectivity index (χ0v) is 17.5. The highest BCUT2D eigenvalue weighted by Crippen LogP contribution is 2.32. The van der Waals surface area contributed by atoms with Gasteiger partial charge in [-0.2, -0.15) is 4.68 Å². The van der Waals surface area contributed by atoms with Crippen molar-refractivity contribution in [1.29, 1.82) is 0 Å². The summed E-state index contributed by atoms with van der Waals surface area (Å²) in [4.78, 5) is 11.3. The molecular formula is C23H21N5O4. The average Bonchev–Trinajstić information content (AvgIpc) is 3.27. The lowest BCUT2D eigenvalue weighted by atomic mass is 10.1. The number of tetrazole rings is 1. The fourth-order valence-electron chi connectivity index (χ4n) is 3.23. The van der Waals surface area contributed by atoms with E-state index in [9.17, 15) is 9.90 Å². The molecule has 9 heteroatoms. The van der Waals surface area contributed by atoms with E-state index in [4.69, 9.17) is 9.47 Å². The number of aromatic carboxylic acids is 1. The van der Waals surface area contributed by atoms with Gasteiger partial charge in [0.2, 0.25) is 0 Å². The Labute approximate surface area is 184 Å². The second kappa shape index (κ2) is 9.17. The van der Waals surface area contributed by atoms with Gasteiger partial charge in [-0.1, -0.05) is 35.4 Å². The predicted molar refractivity (Wildman–Crippen MR) is 118 cm³/mol. The van der Waals surface area contributed by atoms with Gasteiger partial charge in [0.15, 0.2) is 11.5 Å². The fourth-order valence-corrected chi connectivity index (χ4v) is 3.23. The Bertz CT molecular complexity index is 1240. The molecule has 0 unspecified atom stereocenters. The van der Waals surface area contributed by atoms with Crippen molar-refractivity contribution in [2.24, 2.45) is 0 Å². The molecule has 0 bridgehead atoms. The molecule has 0 radical (unpaired) electrons. The van der Waals surface area contributed by atoms with Crippen molar-refractivity contribution in [3.8, 4) is 23.2 Å². The molecule has 0 amide bonds. The van der Waals surface area contributed by atoms with Crippen LogP contribution in [-0.2, 0) is 6.54 Å². The molecular weight excluding hydrogens is 410 g/mol. The van der Waals surface area contributed by atoms with Crippen LogP contribution in [0.3, 0.4) is 0 Å². The first-order valence-corrected chi connectivity index (χ1v) is 9.82. The Morgan fingerprint density at radius 2 is 1.88 bits per heavy atom. The number of aromatic nitrogens is 4. The van der Waals surface area contributed by atoms with E-state index in [0.29, 0.717) is 23.6 Å². The maximum Gasteiger partial charge on any atom is 0.346 e. The Kier molecular flexibility index (Phi) is 5.98. The van der Waals surface area contributed by atoms with Crippen LogP contribution in [0.1, 0.15) is 21.5 Å². The molecule has 0 aliphatic rings. The fraction of sp³-hybridized carbons (Fsp3) is 0.130. The number of hydrogen-bond donors (Lipinski definition) is 2. The van der Waals surface area contributed by atoms with E-state index < -0.39 is 5.97 Å². The molecule has 4 aromatic rings. The Hall–Kier alpha value is -4.40. The van der Waals surface area contributed by atoms with Gasteiger partial charge < -0.3 is 19.9 Å². The third-order valence-corrected chi connectivity index (χ3v) is 4.92. The van der Waals surface area contributed by atoms with Crippen LogP contribution in [0.25, 0.3) is 5.69 Å². The highest BCUT2D eigenvalue weighted by atomic mass is 16.5. The second-order valence-electron chi connectivity index (χ2n) is 6.93. The molecule has 162 valence electrons. The standard InChI is InChI=1S/C23H21N5O4/c1-15-18(22(29)30)9-6-10-19(15)24-14-16-11-12-20(21(13-16)31-2)32-23-25-26-27-28(23)17-7-4-3-5-8-17/h3-13,24H,14H2,1-2H3,(H,29,30). The van der Waals surface area contributed by atoms with E-state index in [-0.39, 0.29) is 11.6 Å². The highest BCUT2D eigenvalue weighted by molar-refractivity contribution is 5.91. The first-order chi connectivity index (χ1) is 15.6. The van der Waals surface area contributed by atoms with Gasteiger partial charge in [-0.3, -0.25) is 0 Å². The van der Waals surface area contributed by atoms with Crippen LogP contribution < -0.4 is 14.8 Å². The SMILES string of the molecule is COc1cc(CNc2cccc(C(=O)O)c2C)ccc1Oc1nnnn1-c1ccccc1. The maximum absolute atomic E-state index is 11.3.